The van der Waals surface area contributed by atoms with Gasteiger partial charge in [-0.1, -0.05) is 11.6 Å². The molecule has 0 aromatic heterocycles. The first-order valence-electron chi connectivity index (χ1n) is 4.43. The van der Waals surface area contributed by atoms with Gasteiger partial charge in [-0.15, -0.1) is 0 Å². The maximum Gasteiger partial charge on any atom is 0.320 e. The minimum atomic E-state index is -1.09. The van der Waals surface area contributed by atoms with E-state index < -0.39 is 17.8 Å². The van der Waals surface area contributed by atoms with Gasteiger partial charge in [0.15, 0.2) is 0 Å². The predicted octanol–water partition coefficient (Wildman–Crippen LogP) is 1.82. The van der Waals surface area contributed by atoms with Gasteiger partial charge >= 0.3 is 5.97 Å². The van der Waals surface area contributed by atoms with Gasteiger partial charge in [0.1, 0.15) is 11.9 Å². The van der Waals surface area contributed by atoms with Crippen molar-refractivity contribution in [2.75, 3.05) is 0 Å². The lowest BCUT2D eigenvalue weighted by atomic mass is 10.1. The largest absolute Gasteiger partial charge is 0.480 e. The zero-order valence-electron chi connectivity index (χ0n) is 7.91. The summed E-state index contributed by atoms with van der Waals surface area (Å²) in [5.41, 5.74) is 5.69. The molecule has 15 heavy (non-hydrogen) atoms. The van der Waals surface area contributed by atoms with E-state index in [4.69, 9.17) is 22.4 Å². The average Bonchev–Trinajstić information content (AvgIpc) is 2.18. The summed E-state index contributed by atoms with van der Waals surface area (Å²) in [6.45, 7) is 0. The van der Waals surface area contributed by atoms with Crippen molar-refractivity contribution in [1.29, 1.82) is 0 Å². The molecule has 0 heterocycles. The van der Waals surface area contributed by atoms with Crippen LogP contribution in [0.15, 0.2) is 18.2 Å². The van der Waals surface area contributed by atoms with E-state index in [9.17, 15) is 9.18 Å². The van der Waals surface area contributed by atoms with E-state index in [1.165, 1.54) is 18.2 Å². The zero-order valence-corrected chi connectivity index (χ0v) is 8.67. The Balaban J connectivity index is 2.65. The molecule has 1 unspecified atom stereocenters. The molecule has 0 spiro atoms. The van der Waals surface area contributed by atoms with Gasteiger partial charge in [-0.25, -0.2) is 4.39 Å². The molecule has 0 aliphatic rings. The summed E-state index contributed by atoms with van der Waals surface area (Å²) in [6.07, 6.45) is 0.451. The lowest BCUT2D eigenvalue weighted by molar-refractivity contribution is -0.138. The Morgan fingerprint density at radius 1 is 1.60 bits per heavy atom. The number of rotatable bonds is 4. The fourth-order valence-corrected chi connectivity index (χ4v) is 1.36. The minimum Gasteiger partial charge on any atom is -0.480 e. The van der Waals surface area contributed by atoms with Gasteiger partial charge in [-0.2, -0.15) is 0 Å². The van der Waals surface area contributed by atoms with Gasteiger partial charge in [-0.3, -0.25) is 4.79 Å². The second-order valence-corrected chi connectivity index (χ2v) is 3.66. The first-order chi connectivity index (χ1) is 7.00. The van der Waals surface area contributed by atoms with Gasteiger partial charge in [0.25, 0.3) is 0 Å². The molecule has 1 atom stereocenters. The molecule has 1 aromatic carbocycles. The minimum absolute atomic E-state index is 0.187. The molecule has 0 radical (unpaired) electrons. The van der Waals surface area contributed by atoms with E-state index in [1.807, 2.05) is 0 Å². The molecule has 0 saturated heterocycles. The van der Waals surface area contributed by atoms with Crippen LogP contribution in [0.2, 0.25) is 5.02 Å². The van der Waals surface area contributed by atoms with Crippen LogP contribution >= 0.6 is 11.6 Å². The summed E-state index contributed by atoms with van der Waals surface area (Å²) in [5.74, 6) is -1.48. The van der Waals surface area contributed by atoms with E-state index in [0.717, 1.165) is 0 Å². The van der Waals surface area contributed by atoms with Crippen molar-refractivity contribution in [2.24, 2.45) is 5.73 Å². The Morgan fingerprint density at radius 3 is 2.87 bits per heavy atom. The molecule has 0 bridgehead atoms. The van der Waals surface area contributed by atoms with E-state index in [-0.39, 0.29) is 12.8 Å². The summed E-state index contributed by atoms with van der Waals surface area (Å²) in [5, 5.41) is 8.97. The summed E-state index contributed by atoms with van der Waals surface area (Å²) in [6, 6.07) is 3.20. The fraction of sp³-hybridized carbons (Fsp3) is 0.300. The molecule has 0 fully saturated rings. The van der Waals surface area contributed by atoms with Gasteiger partial charge in [0, 0.05) is 5.02 Å². The number of carbonyl (C=O) groups is 1. The SMILES string of the molecule is NC(CCc1cc(Cl)ccc1F)C(=O)O. The number of nitrogens with two attached hydrogens (primary N) is 1. The van der Waals surface area contributed by atoms with Crippen LogP contribution in [0.5, 0.6) is 0 Å². The van der Waals surface area contributed by atoms with E-state index in [1.54, 1.807) is 0 Å². The highest BCUT2D eigenvalue weighted by Crippen LogP contribution is 2.16. The quantitative estimate of drug-likeness (QED) is 0.831. The zero-order chi connectivity index (χ0) is 11.4. The lowest BCUT2D eigenvalue weighted by Crippen LogP contribution is -2.30. The number of aryl methyl sites for hydroxylation is 1. The number of halogens is 2. The third-order valence-corrected chi connectivity index (χ3v) is 2.28. The van der Waals surface area contributed by atoms with Crippen molar-refractivity contribution in [1.82, 2.24) is 0 Å². The summed E-state index contributed by atoms with van der Waals surface area (Å²) in [4.78, 5) is 10.4. The van der Waals surface area contributed by atoms with Crippen LogP contribution in [-0.2, 0) is 11.2 Å². The highest BCUT2D eigenvalue weighted by Gasteiger charge is 2.12. The topological polar surface area (TPSA) is 63.3 Å². The number of hydrogen-bond acceptors (Lipinski definition) is 2. The maximum absolute atomic E-state index is 13.2. The third kappa shape index (κ3) is 3.49. The molecule has 5 heteroatoms. The molecule has 3 N–H and O–H groups in total. The Kier molecular flexibility index (Phi) is 4.05. The number of benzene rings is 1. The second-order valence-electron chi connectivity index (χ2n) is 3.22. The summed E-state index contributed by atoms with van der Waals surface area (Å²) in [7, 11) is 0. The maximum atomic E-state index is 13.2. The third-order valence-electron chi connectivity index (χ3n) is 2.05. The van der Waals surface area contributed by atoms with Gasteiger partial charge < -0.3 is 10.8 Å². The van der Waals surface area contributed by atoms with Crippen molar-refractivity contribution < 1.29 is 14.3 Å². The molecule has 82 valence electrons. The number of carboxylic acids is 1. The van der Waals surface area contributed by atoms with Gasteiger partial charge in [0.2, 0.25) is 0 Å². The molecular formula is C10H11ClFNO2. The molecule has 0 aliphatic carbocycles. The fourth-order valence-electron chi connectivity index (χ4n) is 1.17. The van der Waals surface area contributed by atoms with E-state index in [2.05, 4.69) is 0 Å². The number of aliphatic carboxylic acids is 1. The molecule has 1 rings (SSSR count). The van der Waals surface area contributed by atoms with Crippen LogP contribution in [-0.4, -0.2) is 17.1 Å². The molecule has 0 aliphatic heterocycles. The average molecular weight is 232 g/mol. The summed E-state index contributed by atoms with van der Waals surface area (Å²) >= 11 is 5.68. The molecular weight excluding hydrogens is 221 g/mol. The highest BCUT2D eigenvalue weighted by atomic mass is 35.5. The monoisotopic (exact) mass is 231 g/mol. The smallest absolute Gasteiger partial charge is 0.320 e. The van der Waals surface area contributed by atoms with Crippen molar-refractivity contribution in [3.8, 4) is 0 Å². The lowest BCUT2D eigenvalue weighted by Gasteiger charge is -2.07. The Labute approximate surface area is 91.7 Å². The molecule has 0 saturated carbocycles. The van der Waals surface area contributed by atoms with E-state index in [0.29, 0.717) is 10.6 Å². The number of carboxylic acid groups (broad SMARTS) is 1. The van der Waals surface area contributed by atoms with Crippen LogP contribution in [0.3, 0.4) is 0 Å². The first-order valence-corrected chi connectivity index (χ1v) is 4.81. The molecule has 3 nitrogen and oxygen atoms in total. The van der Waals surface area contributed by atoms with Crippen LogP contribution in [0, 0.1) is 5.82 Å². The molecule has 0 amide bonds. The van der Waals surface area contributed by atoms with Crippen LogP contribution in [0.1, 0.15) is 12.0 Å². The highest BCUT2D eigenvalue weighted by molar-refractivity contribution is 6.30. The first kappa shape index (κ1) is 11.9. The van der Waals surface area contributed by atoms with E-state index >= 15 is 0 Å². The Morgan fingerprint density at radius 2 is 2.27 bits per heavy atom. The van der Waals surface area contributed by atoms with Crippen molar-refractivity contribution >= 4 is 17.6 Å². The van der Waals surface area contributed by atoms with Crippen molar-refractivity contribution in [3.05, 3.63) is 34.6 Å². The van der Waals surface area contributed by atoms with Gasteiger partial charge in [-0.05, 0) is 36.6 Å². The van der Waals surface area contributed by atoms with Crippen LogP contribution in [0.25, 0.3) is 0 Å². The number of hydrogen-bond donors (Lipinski definition) is 2. The standard InChI is InChI=1S/C10H11ClFNO2/c11-7-2-3-8(12)6(5-7)1-4-9(13)10(14)15/h2-3,5,9H,1,4,13H2,(H,14,15). The van der Waals surface area contributed by atoms with Crippen LogP contribution in [0.4, 0.5) is 4.39 Å². The van der Waals surface area contributed by atoms with Crippen molar-refractivity contribution in [3.63, 3.8) is 0 Å². The Bertz CT molecular complexity index is 370. The van der Waals surface area contributed by atoms with Crippen LogP contribution < -0.4 is 5.73 Å². The normalized spacial score (nSPS) is 12.5. The summed E-state index contributed by atoms with van der Waals surface area (Å²) < 4.78 is 13.2. The second kappa shape index (κ2) is 5.09. The van der Waals surface area contributed by atoms with Gasteiger partial charge in [0.05, 0.1) is 0 Å². The Hall–Kier alpha value is -1.13. The van der Waals surface area contributed by atoms with Crippen molar-refractivity contribution in [2.45, 2.75) is 18.9 Å². The molecule has 1 aromatic rings. The predicted molar refractivity (Wildman–Crippen MR) is 55.3 cm³/mol.